The van der Waals surface area contributed by atoms with Gasteiger partial charge < -0.3 is 14.0 Å². The maximum Gasteiger partial charge on any atom is 0.240 e. The standard InChI is InChI=1S/C13H21N3O3/c1-2-11-14-12(19-15-11)9-16-5-3-10(4-6-16)13-17-7-8-18-13/h10,13H,2-9H2,1H3. The van der Waals surface area contributed by atoms with E-state index in [0.717, 1.165) is 63.8 Å². The Morgan fingerprint density at radius 1 is 1.21 bits per heavy atom. The second-order valence-corrected chi connectivity index (χ2v) is 5.18. The summed E-state index contributed by atoms with van der Waals surface area (Å²) in [5, 5.41) is 3.93. The van der Waals surface area contributed by atoms with Gasteiger partial charge in [0.05, 0.1) is 19.8 Å². The fourth-order valence-electron chi connectivity index (χ4n) is 2.72. The number of aromatic nitrogens is 2. The Morgan fingerprint density at radius 2 is 1.95 bits per heavy atom. The quantitative estimate of drug-likeness (QED) is 0.817. The minimum absolute atomic E-state index is 0.0252. The molecule has 0 N–H and O–H groups in total. The highest BCUT2D eigenvalue weighted by molar-refractivity contribution is 4.87. The molecular formula is C13H21N3O3. The molecular weight excluding hydrogens is 246 g/mol. The molecule has 6 nitrogen and oxygen atoms in total. The predicted octanol–water partition coefficient (Wildman–Crippen LogP) is 1.22. The number of ether oxygens (including phenoxy) is 2. The molecule has 0 unspecified atom stereocenters. The Balaban J connectivity index is 1.47. The summed E-state index contributed by atoms with van der Waals surface area (Å²) in [7, 11) is 0. The molecule has 0 aliphatic carbocycles. The summed E-state index contributed by atoms with van der Waals surface area (Å²) >= 11 is 0. The first-order valence-electron chi connectivity index (χ1n) is 7.12. The summed E-state index contributed by atoms with van der Waals surface area (Å²) in [4.78, 5) is 6.71. The van der Waals surface area contributed by atoms with Gasteiger partial charge in [0.15, 0.2) is 12.1 Å². The molecule has 0 saturated carbocycles. The van der Waals surface area contributed by atoms with Crippen LogP contribution < -0.4 is 0 Å². The van der Waals surface area contributed by atoms with Gasteiger partial charge in [0.25, 0.3) is 0 Å². The third kappa shape index (κ3) is 3.13. The molecule has 6 heteroatoms. The highest BCUT2D eigenvalue weighted by Gasteiger charge is 2.30. The number of likely N-dealkylation sites (tertiary alicyclic amines) is 1. The van der Waals surface area contributed by atoms with Crippen molar-refractivity contribution in [3.05, 3.63) is 11.7 Å². The lowest BCUT2D eigenvalue weighted by atomic mass is 9.96. The fourth-order valence-corrected chi connectivity index (χ4v) is 2.72. The van der Waals surface area contributed by atoms with Gasteiger partial charge in [-0.2, -0.15) is 4.98 Å². The number of aryl methyl sites for hydroxylation is 1. The first-order valence-corrected chi connectivity index (χ1v) is 7.12. The molecule has 1 aromatic rings. The normalized spacial score (nSPS) is 23.2. The summed E-state index contributed by atoms with van der Waals surface area (Å²) in [6.07, 6.45) is 3.07. The molecule has 106 valence electrons. The molecule has 3 heterocycles. The lowest BCUT2D eigenvalue weighted by molar-refractivity contribution is -0.0981. The first-order chi connectivity index (χ1) is 9.35. The first kappa shape index (κ1) is 13.0. The van der Waals surface area contributed by atoms with Gasteiger partial charge in [0.1, 0.15) is 0 Å². The summed E-state index contributed by atoms with van der Waals surface area (Å²) in [5.74, 6) is 2.05. The lowest BCUT2D eigenvalue weighted by Gasteiger charge is -2.32. The van der Waals surface area contributed by atoms with Crippen LogP contribution in [0.4, 0.5) is 0 Å². The van der Waals surface area contributed by atoms with Crippen molar-refractivity contribution in [1.29, 1.82) is 0 Å². The maximum absolute atomic E-state index is 5.58. The van der Waals surface area contributed by atoms with Crippen molar-refractivity contribution in [3.63, 3.8) is 0 Å². The van der Waals surface area contributed by atoms with E-state index in [9.17, 15) is 0 Å². The van der Waals surface area contributed by atoms with Crippen LogP contribution in [0.25, 0.3) is 0 Å². The van der Waals surface area contributed by atoms with Crippen molar-refractivity contribution in [1.82, 2.24) is 15.0 Å². The average molecular weight is 267 g/mol. The largest absolute Gasteiger partial charge is 0.350 e. The van der Waals surface area contributed by atoms with Crippen LogP contribution in [0, 0.1) is 5.92 Å². The number of nitrogens with zero attached hydrogens (tertiary/aromatic N) is 3. The van der Waals surface area contributed by atoms with E-state index in [1.807, 2.05) is 6.92 Å². The summed E-state index contributed by atoms with van der Waals surface area (Å²) in [6, 6.07) is 0. The Bertz CT molecular complexity index is 396. The number of hydrogen-bond donors (Lipinski definition) is 0. The molecule has 0 bridgehead atoms. The van der Waals surface area contributed by atoms with Crippen molar-refractivity contribution >= 4 is 0 Å². The topological polar surface area (TPSA) is 60.6 Å². The van der Waals surface area contributed by atoms with Crippen molar-refractivity contribution in [2.45, 2.75) is 39.0 Å². The number of rotatable bonds is 4. The summed E-state index contributed by atoms with van der Waals surface area (Å²) in [6.45, 7) is 6.35. The van der Waals surface area contributed by atoms with Crippen LogP contribution >= 0.6 is 0 Å². The highest BCUT2D eigenvalue weighted by atomic mass is 16.7. The van der Waals surface area contributed by atoms with Crippen molar-refractivity contribution in [2.75, 3.05) is 26.3 Å². The van der Waals surface area contributed by atoms with Crippen LogP contribution in [0.1, 0.15) is 31.5 Å². The smallest absolute Gasteiger partial charge is 0.240 e. The van der Waals surface area contributed by atoms with Crippen LogP contribution in [0.3, 0.4) is 0 Å². The Hall–Kier alpha value is -0.980. The van der Waals surface area contributed by atoms with E-state index in [0.29, 0.717) is 5.92 Å². The van der Waals surface area contributed by atoms with Gasteiger partial charge in [-0.3, -0.25) is 4.90 Å². The van der Waals surface area contributed by atoms with E-state index in [-0.39, 0.29) is 6.29 Å². The van der Waals surface area contributed by atoms with Crippen molar-refractivity contribution in [3.8, 4) is 0 Å². The zero-order valence-corrected chi connectivity index (χ0v) is 11.4. The fraction of sp³-hybridized carbons (Fsp3) is 0.846. The third-order valence-electron chi connectivity index (χ3n) is 3.85. The number of piperidine rings is 1. The second kappa shape index (κ2) is 5.98. The minimum Gasteiger partial charge on any atom is -0.350 e. The molecule has 0 amide bonds. The summed E-state index contributed by atoms with van der Waals surface area (Å²) in [5.41, 5.74) is 0. The lowest BCUT2D eigenvalue weighted by Crippen LogP contribution is -2.37. The van der Waals surface area contributed by atoms with E-state index in [1.54, 1.807) is 0 Å². The van der Waals surface area contributed by atoms with Crippen LogP contribution in [-0.4, -0.2) is 47.6 Å². The van der Waals surface area contributed by atoms with E-state index in [4.69, 9.17) is 14.0 Å². The van der Waals surface area contributed by atoms with Gasteiger partial charge >= 0.3 is 0 Å². The Kier molecular flexibility index (Phi) is 4.10. The number of hydrogen-bond acceptors (Lipinski definition) is 6. The molecule has 0 radical (unpaired) electrons. The molecule has 2 saturated heterocycles. The maximum atomic E-state index is 5.58. The van der Waals surface area contributed by atoms with E-state index >= 15 is 0 Å². The van der Waals surface area contributed by atoms with Gasteiger partial charge in [-0.25, -0.2) is 0 Å². The van der Waals surface area contributed by atoms with E-state index in [2.05, 4.69) is 15.0 Å². The van der Waals surface area contributed by atoms with Crippen LogP contribution in [0.5, 0.6) is 0 Å². The zero-order chi connectivity index (χ0) is 13.1. The monoisotopic (exact) mass is 267 g/mol. The van der Waals surface area contributed by atoms with E-state index < -0.39 is 0 Å². The zero-order valence-electron chi connectivity index (χ0n) is 11.4. The molecule has 2 aliphatic heterocycles. The summed E-state index contributed by atoms with van der Waals surface area (Å²) < 4.78 is 16.4. The van der Waals surface area contributed by atoms with Crippen LogP contribution in [0.2, 0.25) is 0 Å². The van der Waals surface area contributed by atoms with Gasteiger partial charge in [0, 0.05) is 12.3 Å². The van der Waals surface area contributed by atoms with Crippen molar-refractivity contribution < 1.29 is 14.0 Å². The van der Waals surface area contributed by atoms with Crippen LogP contribution in [0.15, 0.2) is 4.52 Å². The van der Waals surface area contributed by atoms with E-state index in [1.165, 1.54) is 0 Å². The molecule has 1 aromatic heterocycles. The molecule has 2 fully saturated rings. The molecule has 19 heavy (non-hydrogen) atoms. The second-order valence-electron chi connectivity index (χ2n) is 5.18. The highest BCUT2D eigenvalue weighted by Crippen LogP contribution is 2.26. The third-order valence-corrected chi connectivity index (χ3v) is 3.85. The van der Waals surface area contributed by atoms with Gasteiger partial charge in [-0.1, -0.05) is 12.1 Å². The minimum atomic E-state index is 0.0252. The van der Waals surface area contributed by atoms with Crippen molar-refractivity contribution in [2.24, 2.45) is 5.92 Å². The van der Waals surface area contributed by atoms with Gasteiger partial charge in [-0.15, -0.1) is 0 Å². The van der Waals surface area contributed by atoms with Gasteiger partial charge in [-0.05, 0) is 25.9 Å². The molecule has 0 aromatic carbocycles. The average Bonchev–Trinajstić information content (AvgIpc) is 3.10. The molecule has 3 rings (SSSR count). The molecule has 0 spiro atoms. The molecule has 2 aliphatic rings. The SMILES string of the molecule is CCc1noc(CN2CCC(C3OCCO3)CC2)n1. The Morgan fingerprint density at radius 3 is 2.58 bits per heavy atom. The Labute approximate surface area is 113 Å². The van der Waals surface area contributed by atoms with Crippen LogP contribution in [-0.2, 0) is 22.4 Å². The molecule has 0 atom stereocenters. The predicted molar refractivity (Wildman–Crippen MR) is 67.4 cm³/mol. The van der Waals surface area contributed by atoms with Gasteiger partial charge in [0.2, 0.25) is 5.89 Å².